The third-order valence-electron chi connectivity index (χ3n) is 6.30. The number of carbonyl (C=O) groups excluding carboxylic acids is 1. The molecule has 38 heavy (non-hydrogen) atoms. The van der Waals surface area contributed by atoms with Crippen LogP contribution >= 0.6 is 11.3 Å². The van der Waals surface area contributed by atoms with Gasteiger partial charge in [0.2, 0.25) is 11.5 Å². The molecule has 0 saturated heterocycles. The third-order valence-corrected chi connectivity index (χ3v) is 7.40. The Morgan fingerprint density at radius 3 is 2.03 bits per heavy atom. The lowest BCUT2D eigenvalue weighted by molar-refractivity contribution is 0.104. The average molecular weight is 527 g/mol. The zero-order valence-corrected chi connectivity index (χ0v) is 22.2. The first-order valence-electron chi connectivity index (χ1n) is 11.8. The summed E-state index contributed by atoms with van der Waals surface area (Å²) in [6.07, 6.45) is 0. The maximum Gasteiger partial charge on any atom is 0.205 e. The van der Waals surface area contributed by atoms with Crippen molar-refractivity contribution in [1.29, 1.82) is 0 Å². The molecule has 0 aliphatic heterocycles. The van der Waals surface area contributed by atoms with Crippen LogP contribution in [-0.2, 0) is 0 Å². The van der Waals surface area contributed by atoms with Gasteiger partial charge in [-0.1, -0.05) is 30.3 Å². The van der Waals surface area contributed by atoms with Gasteiger partial charge in [-0.3, -0.25) is 4.79 Å². The molecule has 0 fully saturated rings. The molecule has 192 valence electrons. The second kappa shape index (κ2) is 10.4. The summed E-state index contributed by atoms with van der Waals surface area (Å²) in [4.78, 5) is 19.5. The number of pyridine rings is 1. The van der Waals surface area contributed by atoms with Crippen molar-refractivity contribution in [1.82, 2.24) is 4.98 Å². The second-order valence-electron chi connectivity index (χ2n) is 8.42. The first-order valence-corrected chi connectivity index (χ1v) is 12.6. The Morgan fingerprint density at radius 2 is 1.45 bits per heavy atom. The zero-order valence-electron chi connectivity index (χ0n) is 21.4. The molecule has 0 unspecified atom stereocenters. The van der Waals surface area contributed by atoms with Crippen molar-refractivity contribution in [2.24, 2.45) is 0 Å². The molecule has 8 heteroatoms. The number of aromatic nitrogens is 1. The van der Waals surface area contributed by atoms with Crippen molar-refractivity contribution in [3.05, 3.63) is 83.2 Å². The van der Waals surface area contributed by atoms with Crippen molar-refractivity contribution < 1.29 is 23.7 Å². The third kappa shape index (κ3) is 4.39. The van der Waals surface area contributed by atoms with Gasteiger partial charge in [0.25, 0.3) is 0 Å². The number of fused-ring (bicyclic) bond motifs is 1. The minimum atomic E-state index is -0.176. The highest BCUT2D eigenvalue weighted by Crippen LogP contribution is 2.46. The monoisotopic (exact) mass is 526 g/mol. The smallest absolute Gasteiger partial charge is 0.205 e. The Hall–Kier alpha value is -4.56. The molecule has 2 N–H and O–H groups in total. The summed E-state index contributed by atoms with van der Waals surface area (Å²) < 4.78 is 22.0. The van der Waals surface area contributed by atoms with Crippen molar-refractivity contribution in [2.45, 2.75) is 0 Å². The summed E-state index contributed by atoms with van der Waals surface area (Å²) in [5, 5.41) is 0.695. The van der Waals surface area contributed by atoms with Crippen LogP contribution in [0.15, 0.2) is 72.8 Å². The van der Waals surface area contributed by atoms with Gasteiger partial charge in [0.1, 0.15) is 15.5 Å². The van der Waals surface area contributed by atoms with Crippen molar-refractivity contribution in [2.75, 3.05) is 34.2 Å². The Morgan fingerprint density at radius 1 is 0.789 bits per heavy atom. The highest BCUT2D eigenvalue weighted by molar-refractivity contribution is 7.21. The number of hydrogen-bond donors (Lipinski definition) is 1. The Bertz CT molecular complexity index is 1600. The first kappa shape index (κ1) is 25.1. The average Bonchev–Trinajstić information content (AvgIpc) is 3.31. The van der Waals surface area contributed by atoms with E-state index >= 15 is 0 Å². The summed E-state index contributed by atoms with van der Waals surface area (Å²) in [5.41, 5.74) is 10.9. The highest BCUT2D eigenvalue weighted by atomic mass is 32.1. The molecule has 2 aromatic heterocycles. The number of nitrogens with zero attached hydrogens (tertiary/aromatic N) is 1. The molecule has 7 nitrogen and oxygen atoms in total. The predicted octanol–water partition coefficient (Wildman–Crippen LogP) is 6.48. The number of thiophene rings is 1. The van der Waals surface area contributed by atoms with E-state index in [1.807, 2.05) is 48.5 Å². The maximum atomic E-state index is 13.5. The van der Waals surface area contributed by atoms with Crippen LogP contribution in [0.1, 0.15) is 15.2 Å². The molecular weight excluding hydrogens is 500 g/mol. The summed E-state index contributed by atoms with van der Waals surface area (Å²) >= 11 is 1.28. The number of ether oxygens (including phenoxy) is 4. The van der Waals surface area contributed by atoms with Gasteiger partial charge < -0.3 is 24.7 Å². The van der Waals surface area contributed by atoms with Gasteiger partial charge in [0.15, 0.2) is 11.5 Å². The van der Waals surface area contributed by atoms with E-state index in [4.69, 9.17) is 29.7 Å². The van der Waals surface area contributed by atoms with Crippen LogP contribution in [-0.4, -0.2) is 39.2 Å². The van der Waals surface area contributed by atoms with Crippen LogP contribution in [0.25, 0.3) is 32.6 Å². The molecular formula is C30H26N2O5S. The molecule has 5 rings (SSSR count). The molecule has 0 radical (unpaired) electrons. The fourth-order valence-electron chi connectivity index (χ4n) is 4.38. The van der Waals surface area contributed by atoms with Crippen LogP contribution in [0.4, 0.5) is 5.69 Å². The van der Waals surface area contributed by atoms with Crippen molar-refractivity contribution in [3.63, 3.8) is 0 Å². The van der Waals surface area contributed by atoms with E-state index in [-0.39, 0.29) is 5.78 Å². The first-order chi connectivity index (χ1) is 18.5. The SMILES string of the molecule is COc1ccc(C(=O)c2sc3nc(-c4ccccc4)cc(-c4cc(OC)c(OC)c(OC)c4)c3c2N)cc1. The lowest BCUT2D eigenvalue weighted by atomic mass is 9.98. The minimum absolute atomic E-state index is 0.176. The summed E-state index contributed by atoms with van der Waals surface area (Å²) in [7, 11) is 6.29. The van der Waals surface area contributed by atoms with E-state index in [9.17, 15) is 4.79 Å². The van der Waals surface area contributed by atoms with Gasteiger partial charge in [-0.2, -0.15) is 0 Å². The predicted molar refractivity (Wildman–Crippen MR) is 151 cm³/mol. The van der Waals surface area contributed by atoms with Crippen LogP contribution in [0, 0.1) is 0 Å². The number of benzene rings is 3. The van der Waals surface area contributed by atoms with Crippen LogP contribution < -0.4 is 24.7 Å². The highest BCUT2D eigenvalue weighted by Gasteiger charge is 2.24. The number of rotatable bonds is 8. The van der Waals surface area contributed by atoms with Crippen LogP contribution in [0.2, 0.25) is 0 Å². The topological polar surface area (TPSA) is 92.9 Å². The van der Waals surface area contributed by atoms with Gasteiger partial charge in [-0.05, 0) is 53.6 Å². The van der Waals surface area contributed by atoms with E-state index in [2.05, 4.69) is 0 Å². The Labute approximate surface area is 224 Å². The van der Waals surface area contributed by atoms with E-state index in [1.165, 1.54) is 11.3 Å². The number of carbonyl (C=O) groups is 1. The fraction of sp³-hybridized carbons (Fsp3) is 0.133. The van der Waals surface area contributed by atoms with Crippen LogP contribution in [0.5, 0.6) is 23.0 Å². The van der Waals surface area contributed by atoms with Gasteiger partial charge in [-0.15, -0.1) is 11.3 Å². The van der Waals surface area contributed by atoms with Gasteiger partial charge in [-0.25, -0.2) is 4.98 Å². The molecule has 0 aliphatic rings. The number of ketones is 1. The Kier molecular flexibility index (Phi) is 6.89. The molecule has 3 aromatic carbocycles. The second-order valence-corrected chi connectivity index (χ2v) is 9.42. The molecule has 0 atom stereocenters. The molecule has 0 aliphatic carbocycles. The minimum Gasteiger partial charge on any atom is -0.497 e. The number of methoxy groups -OCH3 is 4. The molecule has 2 heterocycles. The largest absolute Gasteiger partial charge is 0.497 e. The molecule has 0 saturated carbocycles. The van der Waals surface area contributed by atoms with Gasteiger partial charge in [0.05, 0.1) is 39.8 Å². The summed E-state index contributed by atoms with van der Waals surface area (Å²) in [6.45, 7) is 0. The normalized spacial score (nSPS) is 10.8. The number of anilines is 1. The zero-order chi connectivity index (χ0) is 26.8. The van der Waals surface area contributed by atoms with E-state index in [0.717, 1.165) is 22.4 Å². The molecule has 5 aromatic rings. The van der Waals surface area contributed by atoms with E-state index in [1.54, 1.807) is 52.7 Å². The van der Waals surface area contributed by atoms with Gasteiger partial charge >= 0.3 is 0 Å². The quantitative estimate of drug-likeness (QED) is 0.231. The van der Waals surface area contributed by atoms with Crippen LogP contribution in [0.3, 0.4) is 0 Å². The lowest BCUT2D eigenvalue weighted by Gasteiger charge is -2.15. The Balaban J connectivity index is 1.77. The number of nitrogens with two attached hydrogens (primary N) is 1. The summed E-state index contributed by atoms with van der Waals surface area (Å²) in [5.74, 6) is 2.00. The van der Waals surface area contributed by atoms with Gasteiger partial charge in [0, 0.05) is 16.5 Å². The lowest BCUT2D eigenvalue weighted by Crippen LogP contribution is -2.02. The maximum absolute atomic E-state index is 13.5. The van der Waals surface area contributed by atoms with E-state index < -0.39 is 0 Å². The van der Waals surface area contributed by atoms with E-state index in [0.29, 0.717) is 49.3 Å². The molecule has 0 amide bonds. The standard InChI is InChI=1S/C30H26N2O5S/c1-34-20-12-10-18(11-13-20)27(33)29-26(31)25-21(19-14-23(35-2)28(37-4)24(15-19)36-3)16-22(32-30(25)38-29)17-8-6-5-7-9-17/h5-16H,31H2,1-4H3. The molecule has 0 spiro atoms. The molecule has 0 bridgehead atoms. The van der Waals surface area contributed by atoms with Crippen molar-refractivity contribution in [3.8, 4) is 45.4 Å². The number of hydrogen-bond acceptors (Lipinski definition) is 8. The summed E-state index contributed by atoms with van der Waals surface area (Å²) in [6, 6.07) is 22.5. The number of nitrogen functional groups attached to an aromatic ring is 1. The fourth-order valence-corrected chi connectivity index (χ4v) is 5.47. The van der Waals surface area contributed by atoms with Crippen molar-refractivity contribution >= 4 is 33.0 Å².